The quantitative estimate of drug-likeness (QED) is 0.775. The van der Waals surface area contributed by atoms with E-state index in [4.69, 9.17) is 0 Å². The van der Waals surface area contributed by atoms with Crippen LogP contribution < -0.4 is 5.32 Å². The third-order valence-electron chi connectivity index (χ3n) is 3.75. The molecular formula is C14H20N2O3. The number of rotatable bonds is 4. The van der Waals surface area contributed by atoms with Crippen molar-refractivity contribution < 1.29 is 15.0 Å². The Morgan fingerprint density at radius 3 is 2.74 bits per heavy atom. The number of hydrogen-bond donors (Lipinski definition) is 3. The van der Waals surface area contributed by atoms with Gasteiger partial charge in [-0.05, 0) is 50.2 Å². The standard InChI is InChI=1S/C14H20N2O3/c1-9-6-7-15-13(12(9)14(18)19)16-8-10-2-4-11(17)5-3-10/h6-7,10-11,17H,2-5,8H2,1H3,(H,15,16)(H,18,19). The van der Waals surface area contributed by atoms with Crippen LogP contribution in [0.2, 0.25) is 0 Å². The molecule has 0 atom stereocenters. The third kappa shape index (κ3) is 3.44. The molecule has 1 aromatic rings. The summed E-state index contributed by atoms with van der Waals surface area (Å²) in [5.74, 6) is -0.0295. The van der Waals surface area contributed by atoms with Crippen molar-refractivity contribution in [2.24, 2.45) is 5.92 Å². The summed E-state index contributed by atoms with van der Waals surface area (Å²) in [4.78, 5) is 15.3. The van der Waals surface area contributed by atoms with E-state index in [0.29, 0.717) is 23.8 Å². The summed E-state index contributed by atoms with van der Waals surface area (Å²) in [5, 5.41) is 21.8. The highest BCUT2D eigenvalue weighted by Crippen LogP contribution is 2.25. The molecule has 0 bridgehead atoms. The Balaban J connectivity index is 2.00. The van der Waals surface area contributed by atoms with Crippen molar-refractivity contribution in [2.45, 2.75) is 38.7 Å². The third-order valence-corrected chi connectivity index (χ3v) is 3.75. The lowest BCUT2D eigenvalue weighted by Crippen LogP contribution is -2.24. The number of carboxylic acid groups (broad SMARTS) is 1. The van der Waals surface area contributed by atoms with Gasteiger partial charge in [0.2, 0.25) is 0 Å². The minimum atomic E-state index is -0.952. The zero-order valence-electron chi connectivity index (χ0n) is 11.1. The molecule has 0 aromatic carbocycles. The number of aryl methyl sites for hydroxylation is 1. The maximum Gasteiger partial charge on any atom is 0.339 e. The van der Waals surface area contributed by atoms with Gasteiger partial charge in [-0.15, -0.1) is 0 Å². The molecule has 0 aliphatic heterocycles. The lowest BCUT2D eigenvalue weighted by atomic mass is 9.87. The van der Waals surface area contributed by atoms with Crippen LogP contribution in [0.4, 0.5) is 5.82 Å². The summed E-state index contributed by atoms with van der Waals surface area (Å²) in [5.41, 5.74) is 0.961. The van der Waals surface area contributed by atoms with Gasteiger partial charge in [0.05, 0.1) is 6.10 Å². The zero-order chi connectivity index (χ0) is 13.8. The maximum absolute atomic E-state index is 11.2. The lowest BCUT2D eigenvalue weighted by molar-refractivity contribution is 0.0696. The van der Waals surface area contributed by atoms with Crippen LogP contribution in [0, 0.1) is 12.8 Å². The van der Waals surface area contributed by atoms with Crippen LogP contribution in [0.15, 0.2) is 12.3 Å². The molecular weight excluding hydrogens is 244 g/mol. The van der Waals surface area contributed by atoms with E-state index >= 15 is 0 Å². The molecule has 0 spiro atoms. The van der Waals surface area contributed by atoms with Gasteiger partial charge in [0.1, 0.15) is 11.4 Å². The van der Waals surface area contributed by atoms with Crippen molar-refractivity contribution in [1.82, 2.24) is 4.98 Å². The van der Waals surface area contributed by atoms with Crippen molar-refractivity contribution in [3.8, 4) is 0 Å². The lowest BCUT2D eigenvalue weighted by Gasteiger charge is -2.25. The average Bonchev–Trinajstić information content (AvgIpc) is 2.37. The van der Waals surface area contributed by atoms with Gasteiger partial charge in [0.15, 0.2) is 0 Å². The molecule has 1 aromatic heterocycles. The number of aromatic carboxylic acids is 1. The molecule has 0 unspecified atom stereocenters. The number of aromatic nitrogens is 1. The Kier molecular flexibility index (Phi) is 4.37. The van der Waals surface area contributed by atoms with Crippen LogP contribution in [0.25, 0.3) is 0 Å². The van der Waals surface area contributed by atoms with E-state index in [1.54, 1.807) is 19.2 Å². The second-order valence-corrected chi connectivity index (χ2v) is 5.21. The summed E-state index contributed by atoms with van der Waals surface area (Å²) in [6.45, 7) is 2.48. The van der Waals surface area contributed by atoms with E-state index < -0.39 is 5.97 Å². The Hall–Kier alpha value is -1.62. The molecule has 0 saturated heterocycles. The summed E-state index contributed by atoms with van der Waals surface area (Å²) in [7, 11) is 0. The molecule has 5 heteroatoms. The topological polar surface area (TPSA) is 82.5 Å². The van der Waals surface area contributed by atoms with Crippen LogP contribution in [0.5, 0.6) is 0 Å². The van der Waals surface area contributed by atoms with Gasteiger partial charge in [0, 0.05) is 12.7 Å². The first-order valence-electron chi connectivity index (χ1n) is 6.68. The number of carbonyl (C=O) groups is 1. The second-order valence-electron chi connectivity index (χ2n) is 5.21. The van der Waals surface area contributed by atoms with Crippen LogP contribution in [-0.4, -0.2) is 33.8 Å². The molecule has 1 aliphatic carbocycles. The van der Waals surface area contributed by atoms with Crippen LogP contribution >= 0.6 is 0 Å². The molecule has 104 valence electrons. The van der Waals surface area contributed by atoms with E-state index in [1.807, 2.05) is 0 Å². The number of pyridine rings is 1. The van der Waals surface area contributed by atoms with Crippen molar-refractivity contribution in [2.75, 3.05) is 11.9 Å². The van der Waals surface area contributed by atoms with Gasteiger partial charge in [-0.3, -0.25) is 0 Å². The fourth-order valence-electron chi connectivity index (χ4n) is 2.55. The Morgan fingerprint density at radius 2 is 2.11 bits per heavy atom. The smallest absolute Gasteiger partial charge is 0.339 e. The number of anilines is 1. The van der Waals surface area contributed by atoms with E-state index in [0.717, 1.165) is 25.7 Å². The van der Waals surface area contributed by atoms with Crippen LogP contribution in [-0.2, 0) is 0 Å². The molecule has 1 heterocycles. The summed E-state index contributed by atoms with van der Waals surface area (Å²) in [6, 6.07) is 1.70. The molecule has 19 heavy (non-hydrogen) atoms. The maximum atomic E-state index is 11.2. The Bertz CT molecular complexity index is 454. The Labute approximate surface area is 112 Å². The van der Waals surface area contributed by atoms with Crippen molar-refractivity contribution in [3.05, 3.63) is 23.4 Å². The SMILES string of the molecule is Cc1ccnc(NCC2CCC(O)CC2)c1C(=O)O. The fraction of sp³-hybridized carbons (Fsp3) is 0.571. The zero-order valence-corrected chi connectivity index (χ0v) is 11.1. The highest BCUT2D eigenvalue weighted by Gasteiger charge is 2.20. The number of hydrogen-bond acceptors (Lipinski definition) is 4. The minimum Gasteiger partial charge on any atom is -0.478 e. The van der Waals surface area contributed by atoms with Crippen molar-refractivity contribution in [1.29, 1.82) is 0 Å². The molecule has 0 radical (unpaired) electrons. The molecule has 3 N–H and O–H groups in total. The first-order chi connectivity index (χ1) is 9.08. The number of aliphatic hydroxyl groups is 1. The van der Waals surface area contributed by atoms with Gasteiger partial charge in [-0.1, -0.05) is 0 Å². The Morgan fingerprint density at radius 1 is 1.42 bits per heavy atom. The molecule has 2 rings (SSSR count). The summed E-state index contributed by atoms with van der Waals surface area (Å²) >= 11 is 0. The van der Waals surface area contributed by atoms with E-state index in [1.165, 1.54) is 0 Å². The molecule has 5 nitrogen and oxygen atoms in total. The largest absolute Gasteiger partial charge is 0.478 e. The van der Waals surface area contributed by atoms with Gasteiger partial charge < -0.3 is 15.5 Å². The highest BCUT2D eigenvalue weighted by molar-refractivity contribution is 5.94. The predicted octanol–water partition coefficient (Wildman–Crippen LogP) is 2.05. The van der Waals surface area contributed by atoms with Crippen LogP contribution in [0.3, 0.4) is 0 Å². The van der Waals surface area contributed by atoms with Gasteiger partial charge in [-0.25, -0.2) is 9.78 Å². The number of nitrogens with zero attached hydrogens (tertiary/aromatic N) is 1. The number of carboxylic acids is 1. The monoisotopic (exact) mass is 264 g/mol. The summed E-state index contributed by atoms with van der Waals surface area (Å²) in [6.07, 6.45) is 5.07. The van der Waals surface area contributed by atoms with Gasteiger partial charge in [0.25, 0.3) is 0 Å². The molecule has 0 amide bonds. The minimum absolute atomic E-state index is 0.164. The normalized spacial score (nSPS) is 23.1. The van der Waals surface area contributed by atoms with Gasteiger partial charge >= 0.3 is 5.97 Å². The second kappa shape index (κ2) is 6.02. The first-order valence-corrected chi connectivity index (χ1v) is 6.68. The highest BCUT2D eigenvalue weighted by atomic mass is 16.4. The molecule has 1 saturated carbocycles. The van der Waals surface area contributed by atoms with Crippen molar-refractivity contribution in [3.63, 3.8) is 0 Å². The number of nitrogens with one attached hydrogen (secondary N) is 1. The molecule has 1 aliphatic rings. The van der Waals surface area contributed by atoms with E-state index in [2.05, 4.69) is 10.3 Å². The average molecular weight is 264 g/mol. The van der Waals surface area contributed by atoms with E-state index in [9.17, 15) is 15.0 Å². The van der Waals surface area contributed by atoms with Crippen LogP contribution in [0.1, 0.15) is 41.6 Å². The molecule has 1 fully saturated rings. The summed E-state index contributed by atoms with van der Waals surface area (Å²) < 4.78 is 0. The van der Waals surface area contributed by atoms with Crippen molar-refractivity contribution >= 4 is 11.8 Å². The van der Waals surface area contributed by atoms with Gasteiger partial charge in [-0.2, -0.15) is 0 Å². The predicted molar refractivity (Wildman–Crippen MR) is 72.4 cm³/mol. The van der Waals surface area contributed by atoms with E-state index in [-0.39, 0.29) is 11.7 Å². The first kappa shape index (κ1) is 13.8. The fourth-order valence-corrected chi connectivity index (χ4v) is 2.55. The number of aliphatic hydroxyl groups excluding tert-OH is 1.